The zero-order chi connectivity index (χ0) is 21.3. The number of carbonyl (C=O) groups excluding carboxylic acids is 3. The van der Waals surface area contributed by atoms with Crippen molar-refractivity contribution in [1.82, 2.24) is 9.80 Å². The molecule has 0 spiro atoms. The number of hydrogen-bond acceptors (Lipinski definition) is 7. The molecule has 1 aromatic rings. The Morgan fingerprint density at radius 3 is 2.43 bits per heavy atom. The maximum Gasteiger partial charge on any atom is 0.251 e. The van der Waals surface area contributed by atoms with Crippen LogP contribution in [0, 0.1) is 0 Å². The lowest BCUT2D eigenvalue weighted by Gasteiger charge is -2.38. The highest BCUT2D eigenvalue weighted by atomic mass is 16.7. The van der Waals surface area contributed by atoms with Gasteiger partial charge in [-0.2, -0.15) is 0 Å². The monoisotopic (exact) mass is 417 g/mol. The molecule has 2 amide bonds. The summed E-state index contributed by atoms with van der Waals surface area (Å²) in [4.78, 5) is 41.3. The Hall–Kier alpha value is -2.65. The summed E-state index contributed by atoms with van der Waals surface area (Å²) in [6, 6.07) is 2.82. The number of hydrogen-bond donors (Lipinski definition) is 1. The summed E-state index contributed by atoms with van der Waals surface area (Å²) < 4.78 is 16.2. The van der Waals surface area contributed by atoms with Crippen LogP contribution in [0.25, 0.3) is 0 Å². The molecule has 2 atom stereocenters. The van der Waals surface area contributed by atoms with E-state index in [0.717, 1.165) is 12.8 Å². The molecule has 30 heavy (non-hydrogen) atoms. The Morgan fingerprint density at radius 1 is 1.10 bits per heavy atom. The Kier molecular flexibility index (Phi) is 5.92. The quantitative estimate of drug-likeness (QED) is 0.721. The van der Waals surface area contributed by atoms with Crippen LogP contribution in [0.3, 0.4) is 0 Å². The van der Waals surface area contributed by atoms with Gasteiger partial charge in [0, 0.05) is 44.4 Å². The smallest absolute Gasteiger partial charge is 0.251 e. The minimum absolute atomic E-state index is 0.0516. The van der Waals surface area contributed by atoms with E-state index in [-0.39, 0.29) is 30.5 Å². The van der Waals surface area contributed by atoms with E-state index in [1.165, 1.54) is 6.92 Å². The maximum atomic E-state index is 12.9. The van der Waals surface area contributed by atoms with Crippen molar-refractivity contribution in [1.29, 1.82) is 0 Å². The summed E-state index contributed by atoms with van der Waals surface area (Å²) >= 11 is 0. The van der Waals surface area contributed by atoms with Crippen molar-refractivity contribution in [2.75, 3.05) is 44.9 Å². The summed E-state index contributed by atoms with van der Waals surface area (Å²) in [6.45, 7) is 6.36. The van der Waals surface area contributed by atoms with Crippen molar-refractivity contribution >= 4 is 23.3 Å². The van der Waals surface area contributed by atoms with Gasteiger partial charge in [0.1, 0.15) is 6.10 Å². The van der Waals surface area contributed by atoms with Crippen LogP contribution < -0.4 is 14.8 Å². The van der Waals surface area contributed by atoms with Gasteiger partial charge in [0.15, 0.2) is 17.3 Å². The molecular weight excluding hydrogens is 390 g/mol. The molecule has 162 valence electrons. The van der Waals surface area contributed by atoms with Crippen molar-refractivity contribution in [3.05, 3.63) is 17.7 Å². The number of nitrogens with one attached hydrogen (secondary N) is 1. The van der Waals surface area contributed by atoms with Gasteiger partial charge in [0.05, 0.1) is 11.7 Å². The highest BCUT2D eigenvalue weighted by Gasteiger charge is 2.33. The average molecular weight is 417 g/mol. The molecule has 1 aromatic carbocycles. The molecule has 9 nitrogen and oxygen atoms in total. The standard InChI is InChI=1S/C21H27N3O6/c1-13(23-5-7-24(8-6-23)21(27)17-4-3-9-28-17)20(26)22-16-11-19-18(29-12-30-19)10-15(16)14(2)25/h10-11,13,17H,3-9,12H2,1-2H3,(H,22,26)/t13?,17-/m0/s1. The number of ketones is 1. The van der Waals surface area contributed by atoms with Crippen molar-refractivity contribution in [3.63, 3.8) is 0 Å². The zero-order valence-electron chi connectivity index (χ0n) is 17.3. The van der Waals surface area contributed by atoms with Crippen LogP contribution in [0.15, 0.2) is 12.1 Å². The SMILES string of the molecule is CC(=O)c1cc2c(cc1NC(=O)C(C)N1CCN(C(=O)[C@@H]3CCCO3)CC1)OCO2. The minimum Gasteiger partial charge on any atom is -0.454 e. The third-order valence-corrected chi connectivity index (χ3v) is 5.91. The van der Waals surface area contributed by atoms with Crippen LogP contribution in [0.4, 0.5) is 5.69 Å². The first kappa shape index (κ1) is 20.6. The molecule has 3 aliphatic rings. The van der Waals surface area contributed by atoms with Gasteiger partial charge in [0.25, 0.3) is 5.91 Å². The number of rotatable bonds is 5. The van der Waals surface area contributed by atoms with Crippen molar-refractivity contribution in [2.24, 2.45) is 0 Å². The largest absolute Gasteiger partial charge is 0.454 e. The van der Waals surface area contributed by atoms with E-state index in [4.69, 9.17) is 14.2 Å². The van der Waals surface area contributed by atoms with E-state index in [1.807, 2.05) is 16.7 Å². The zero-order valence-corrected chi connectivity index (χ0v) is 17.3. The molecule has 0 aromatic heterocycles. The van der Waals surface area contributed by atoms with Gasteiger partial charge in [-0.05, 0) is 32.8 Å². The van der Waals surface area contributed by atoms with E-state index in [2.05, 4.69) is 5.32 Å². The van der Waals surface area contributed by atoms with Gasteiger partial charge in [-0.15, -0.1) is 0 Å². The lowest BCUT2D eigenvalue weighted by Crippen LogP contribution is -2.55. The molecule has 0 saturated carbocycles. The molecule has 1 N–H and O–H groups in total. The van der Waals surface area contributed by atoms with E-state index >= 15 is 0 Å². The van der Waals surface area contributed by atoms with E-state index in [1.54, 1.807) is 12.1 Å². The van der Waals surface area contributed by atoms with Gasteiger partial charge >= 0.3 is 0 Å². The molecule has 4 rings (SSSR count). The van der Waals surface area contributed by atoms with Gasteiger partial charge in [-0.25, -0.2) is 0 Å². The van der Waals surface area contributed by atoms with Crippen molar-refractivity contribution in [2.45, 2.75) is 38.8 Å². The fourth-order valence-corrected chi connectivity index (χ4v) is 4.05. The molecule has 2 saturated heterocycles. The van der Waals surface area contributed by atoms with Gasteiger partial charge in [-0.3, -0.25) is 19.3 Å². The number of Topliss-reactive ketones (excluding diaryl/α,β-unsaturated/α-hetero) is 1. The number of ether oxygens (including phenoxy) is 3. The number of amides is 2. The Labute approximate surface area is 175 Å². The topological polar surface area (TPSA) is 97.4 Å². The molecule has 0 aliphatic carbocycles. The van der Waals surface area contributed by atoms with Gasteiger partial charge < -0.3 is 24.4 Å². The Bertz CT molecular complexity index is 843. The number of carbonyl (C=O) groups is 3. The first-order chi connectivity index (χ1) is 14.4. The maximum absolute atomic E-state index is 12.9. The van der Waals surface area contributed by atoms with E-state index in [9.17, 15) is 14.4 Å². The number of nitrogens with zero attached hydrogens (tertiary/aromatic N) is 2. The van der Waals surface area contributed by atoms with Crippen LogP contribution in [0.5, 0.6) is 11.5 Å². The van der Waals surface area contributed by atoms with Gasteiger partial charge in [-0.1, -0.05) is 0 Å². The molecule has 2 fully saturated rings. The third kappa shape index (κ3) is 4.13. The molecule has 9 heteroatoms. The lowest BCUT2D eigenvalue weighted by molar-refractivity contribution is -0.143. The van der Waals surface area contributed by atoms with Crippen LogP contribution in [-0.4, -0.2) is 79.1 Å². The second-order valence-corrected chi connectivity index (χ2v) is 7.84. The molecule has 3 aliphatic heterocycles. The molecule has 0 radical (unpaired) electrons. The predicted octanol–water partition coefficient (Wildman–Crippen LogP) is 1.27. The fourth-order valence-electron chi connectivity index (χ4n) is 4.05. The number of piperazine rings is 1. The van der Waals surface area contributed by atoms with Crippen LogP contribution in [0.1, 0.15) is 37.0 Å². The van der Waals surface area contributed by atoms with Crippen LogP contribution in [0.2, 0.25) is 0 Å². The van der Waals surface area contributed by atoms with Crippen LogP contribution in [-0.2, 0) is 14.3 Å². The highest BCUT2D eigenvalue weighted by molar-refractivity contribution is 6.05. The minimum atomic E-state index is -0.407. The fraction of sp³-hybridized carbons (Fsp3) is 0.571. The normalized spacial score (nSPS) is 22.1. The number of benzene rings is 1. The summed E-state index contributed by atoms with van der Waals surface area (Å²) in [6.07, 6.45) is 1.40. The summed E-state index contributed by atoms with van der Waals surface area (Å²) in [7, 11) is 0. The van der Waals surface area contributed by atoms with Crippen molar-refractivity contribution in [3.8, 4) is 11.5 Å². The molecule has 0 bridgehead atoms. The average Bonchev–Trinajstić information content (AvgIpc) is 3.43. The first-order valence-corrected chi connectivity index (χ1v) is 10.3. The summed E-state index contributed by atoms with van der Waals surface area (Å²) in [5.41, 5.74) is 0.794. The summed E-state index contributed by atoms with van der Waals surface area (Å²) in [5.74, 6) is 0.672. The Balaban J connectivity index is 1.37. The second kappa shape index (κ2) is 8.61. The van der Waals surface area contributed by atoms with Crippen molar-refractivity contribution < 1.29 is 28.6 Å². The highest BCUT2D eigenvalue weighted by Crippen LogP contribution is 2.37. The molecular formula is C21H27N3O6. The Morgan fingerprint density at radius 2 is 1.80 bits per heavy atom. The third-order valence-electron chi connectivity index (χ3n) is 5.91. The molecule has 3 heterocycles. The summed E-state index contributed by atoms with van der Waals surface area (Å²) in [5, 5.41) is 2.86. The van der Waals surface area contributed by atoms with E-state index < -0.39 is 6.04 Å². The first-order valence-electron chi connectivity index (χ1n) is 10.3. The van der Waals surface area contributed by atoms with Gasteiger partial charge in [0.2, 0.25) is 12.7 Å². The number of fused-ring (bicyclic) bond motifs is 1. The lowest BCUT2D eigenvalue weighted by atomic mass is 10.1. The predicted molar refractivity (Wildman–Crippen MR) is 108 cm³/mol. The van der Waals surface area contributed by atoms with E-state index in [0.29, 0.717) is 55.5 Å². The molecule has 1 unspecified atom stereocenters. The number of anilines is 1. The second-order valence-electron chi connectivity index (χ2n) is 7.84. The van der Waals surface area contributed by atoms with Crippen LogP contribution >= 0.6 is 0 Å².